The van der Waals surface area contributed by atoms with Gasteiger partial charge in [0.15, 0.2) is 6.61 Å². The lowest BCUT2D eigenvalue weighted by molar-refractivity contribution is -0.384. The van der Waals surface area contributed by atoms with Crippen molar-refractivity contribution in [1.29, 1.82) is 0 Å². The maximum atomic E-state index is 12.2. The van der Waals surface area contributed by atoms with E-state index in [9.17, 15) is 19.7 Å². The Bertz CT molecular complexity index is 874. The minimum atomic E-state index is -0.649. The number of hydrogen-bond donors (Lipinski definition) is 0. The van der Waals surface area contributed by atoms with Gasteiger partial charge in [-0.3, -0.25) is 14.9 Å². The number of nitrogens with zero attached hydrogens (tertiary/aromatic N) is 2. The van der Waals surface area contributed by atoms with Gasteiger partial charge in [-0.25, -0.2) is 4.79 Å². The number of fused-ring (bicyclic) bond motifs is 1. The molecule has 0 saturated heterocycles. The zero-order valence-electron chi connectivity index (χ0n) is 13.8. The highest BCUT2D eigenvalue weighted by molar-refractivity contribution is 5.98. The van der Waals surface area contributed by atoms with Gasteiger partial charge in [0.1, 0.15) is 0 Å². The highest BCUT2D eigenvalue weighted by atomic mass is 16.6. The third kappa shape index (κ3) is 3.94. The molecule has 132 valence electrons. The number of para-hydroxylation sites is 1. The van der Waals surface area contributed by atoms with Gasteiger partial charge < -0.3 is 9.64 Å². The van der Waals surface area contributed by atoms with E-state index in [0.717, 1.165) is 17.7 Å². The number of carbonyl (C=O) groups excluding carboxylic acids is 2. The molecule has 0 N–H and O–H groups in total. The molecule has 0 bridgehead atoms. The Morgan fingerprint density at radius 2 is 1.88 bits per heavy atom. The van der Waals surface area contributed by atoms with Gasteiger partial charge in [0, 0.05) is 30.4 Å². The Balaban J connectivity index is 1.52. The van der Waals surface area contributed by atoms with Gasteiger partial charge in [-0.2, -0.15) is 0 Å². The fourth-order valence-corrected chi connectivity index (χ4v) is 2.73. The molecule has 7 heteroatoms. The van der Waals surface area contributed by atoms with E-state index in [4.69, 9.17) is 4.74 Å². The van der Waals surface area contributed by atoms with E-state index in [1.807, 2.05) is 24.3 Å². The van der Waals surface area contributed by atoms with Crippen LogP contribution < -0.4 is 4.90 Å². The van der Waals surface area contributed by atoms with Gasteiger partial charge in [-0.15, -0.1) is 0 Å². The number of nitro benzene ring substituents is 1. The number of carbonyl (C=O) groups is 2. The van der Waals surface area contributed by atoms with Crippen LogP contribution in [0.15, 0.2) is 54.6 Å². The number of amides is 1. The van der Waals surface area contributed by atoms with Crippen molar-refractivity contribution in [2.75, 3.05) is 18.1 Å². The highest BCUT2D eigenvalue weighted by Gasteiger charge is 2.24. The number of hydrogen-bond acceptors (Lipinski definition) is 5. The summed E-state index contributed by atoms with van der Waals surface area (Å²) in [6, 6.07) is 13.4. The molecule has 0 saturated carbocycles. The second-order valence-electron chi connectivity index (χ2n) is 5.71. The van der Waals surface area contributed by atoms with Gasteiger partial charge in [0.25, 0.3) is 11.6 Å². The normalized spacial score (nSPS) is 12.8. The fourth-order valence-electron chi connectivity index (χ4n) is 2.73. The average molecular weight is 352 g/mol. The van der Waals surface area contributed by atoms with E-state index < -0.39 is 10.9 Å². The largest absolute Gasteiger partial charge is 0.452 e. The minimum Gasteiger partial charge on any atom is -0.452 e. The van der Waals surface area contributed by atoms with Crippen molar-refractivity contribution in [3.8, 4) is 0 Å². The van der Waals surface area contributed by atoms with Crippen LogP contribution in [0.4, 0.5) is 11.4 Å². The summed E-state index contributed by atoms with van der Waals surface area (Å²) in [7, 11) is 0. The van der Waals surface area contributed by atoms with E-state index >= 15 is 0 Å². The summed E-state index contributed by atoms with van der Waals surface area (Å²) in [6.07, 6.45) is 3.45. The number of rotatable bonds is 5. The van der Waals surface area contributed by atoms with Crippen molar-refractivity contribution in [1.82, 2.24) is 0 Å². The lowest BCUT2D eigenvalue weighted by Gasteiger charge is -2.16. The van der Waals surface area contributed by atoms with Gasteiger partial charge >= 0.3 is 5.97 Å². The summed E-state index contributed by atoms with van der Waals surface area (Å²) in [5.74, 6) is -0.920. The number of anilines is 1. The van der Waals surface area contributed by atoms with Crippen molar-refractivity contribution in [2.45, 2.75) is 6.42 Å². The van der Waals surface area contributed by atoms with Crippen molar-refractivity contribution in [3.63, 3.8) is 0 Å². The molecule has 2 aromatic rings. The first-order valence-electron chi connectivity index (χ1n) is 8.02. The molecule has 26 heavy (non-hydrogen) atoms. The summed E-state index contributed by atoms with van der Waals surface area (Å²) in [5, 5.41) is 10.6. The SMILES string of the molecule is O=C(/C=C/c1ccc([N+](=O)[O-])cc1)OCC(=O)N1CCc2ccccc21. The number of non-ortho nitro benzene ring substituents is 1. The molecule has 1 heterocycles. The minimum absolute atomic E-state index is 0.0267. The average Bonchev–Trinajstić information content (AvgIpc) is 3.09. The number of ether oxygens (including phenoxy) is 1. The fraction of sp³-hybridized carbons (Fsp3) is 0.158. The first-order valence-corrected chi connectivity index (χ1v) is 8.02. The van der Waals surface area contributed by atoms with Crippen molar-refractivity contribution < 1.29 is 19.2 Å². The Labute approximate surface area is 149 Å². The predicted molar refractivity (Wildman–Crippen MR) is 95.6 cm³/mol. The van der Waals surface area contributed by atoms with Crippen LogP contribution in [0.25, 0.3) is 6.08 Å². The standard InChI is InChI=1S/C19H16N2O5/c22-18(20-12-11-15-3-1-2-4-17(15)20)13-26-19(23)10-7-14-5-8-16(9-6-14)21(24)25/h1-10H,11-13H2/b10-7+. The van der Waals surface area contributed by atoms with E-state index in [1.54, 1.807) is 4.90 Å². The first kappa shape index (κ1) is 17.3. The van der Waals surface area contributed by atoms with Gasteiger partial charge in [-0.05, 0) is 41.8 Å². The number of esters is 1. The molecule has 7 nitrogen and oxygen atoms in total. The Hall–Kier alpha value is -3.48. The van der Waals surface area contributed by atoms with Crippen molar-refractivity contribution in [2.24, 2.45) is 0 Å². The Morgan fingerprint density at radius 1 is 1.15 bits per heavy atom. The third-order valence-electron chi connectivity index (χ3n) is 4.04. The maximum Gasteiger partial charge on any atom is 0.331 e. The van der Waals surface area contributed by atoms with Crippen LogP contribution in [0.2, 0.25) is 0 Å². The molecular formula is C19H16N2O5. The molecule has 0 unspecified atom stereocenters. The Kier molecular flexibility index (Phi) is 5.07. The summed E-state index contributed by atoms with van der Waals surface area (Å²) in [6.45, 7) is 0.242. The lowest BCUT2D eigenvalue weighted by Crippen LogP contribution is -2.33. The van der Waals surface area contributed by atoms with Gasteiger partial charge in [-0.1, -0.05) is 18.2 Å². The van der Waals surface area contributed by atoms with Crippen LogP contribution in [-0.4, -0.2) is 30.0 Å². The lowest BCUT2D eigenvalue weighted by atomic mass is 10.2. The molecule has 0 aromatic heterocycles. The highest BCUT2D eigenvalue weighted by Crippen LogP contribution is 2.27. The van der Waals surface area contributed by atoms with Crippen LogP contribution in [-0.2, 0) is 20.7 Å². The van der Waals surface area contributed by atoms with Crippen LogP contribution in [0.1, 0.15) is 11.1 Å². The van der Waals surface area contributed by atoms with E-state index in [-0.39, 0.29) is 18.2 Å². The molecule has 3 rings (SSSR count). The quantitative estimate of drug-likeness (QED) is 0.357. The van der Waals surface area contributed by atoms with Gasteiger partial charge in [0.2, 0.25) is 0 Å². The van der Waals surface area contributed by atoms with E-state index in [2.05, 4.69) is 0 Å². The zero-order chi connectivity index (χ0) is 18.5. The molecule has 1 amide bonds. The molecule has 1 aliphatic heterocycles. The molecule has 0 atom stereocenters. The molecule has 0 radical (unpaired) electrons. The van der Waals surface area contributed by atoms with Gasteiger partial charge in [0.05, 0.1) is 4.92 Å². The maximum absolute atomic E-state index is 12.2. The van der Waals surface area contributed by atoms with Crippen LogP contribution >= 0.6 is 0 Å². The van der Waals surface area contributed by atoms with Crippen LogP contribution in [0, 0.1) is 10.1 Å². The van der Waals surface area contributed by atoms with Crippen LogP contribution in [0.3, 0.4) is 0 Å². The second-order valence-corrected chi connectivity index (χ2v) is 5.71. The summed E-state index contributed by atoms with van der Waals surface area (Å²) < 4.78 is 4.99. The predicted octanol–water partition coefficient (Wildman–Crippen LogP) is 2.74. The first-order chi connectivity index (χ1) is 12.5. The molecule has 0 aliphatic carbocycles. The number of benzene rings is 2. The van der Waals surface area contributed by atoms with Crippen LogP contribution in [0.5, 0.6) is 0 Å². The van der Waals surface area contributed by atoms with Crippen molar-refractivity contribution in [3.05, 3.63) is 75.8 Å². The topological polar surface area (TPSA) is 89.7 Å². The molecule has 0 spiro atoms. The van der Waals surface area contributed by atoms with Crippen molar-refractivity contribution >= 4 is 29.3 Å². The summed E-state index contributed by atoms with van der Waals surface area (Å²) >= 11 is 0. The Morgan fingerprint density at radius 3 is 2.62 bits per heavy atom. The van der Waals surface area contributed by atoms with E-state index in [0.29, 0.717) is 12.1 Å². The summed E-state index contributed by atoms with van der Waals surface area (Å²) in [4.78, 5) is 35.7. The second kappa shape index (κ2) is 7.60. The molecular weight excluding hydrogens is 336 g/mol. The third-order valence-corrected chi connectivity index (χ3v) is 4.04. The summed E-state index contributed by atoms with van der Waals surface area (Å²) in [5.41, 5.74) is 2.55. The smallest absolute Gasteiger partial charge is 0.331 e. The molecule has 0 fully saturated rings. The van der Waals surface area contributed by atoms with E-state index in [1.165, 1.54) is 36.4 Å². The number of nitro groups is 1. The molecule has 1 aliphatic rings. The monoisotopic (exact) mass is 352 g/mol. The zero-order valence-corrected chi connectivity index (χ0v) is 13.8. The molecule has 2 aromatic carbocycles.